The van der Waals surface area contributed by atoms with Crippen LogP contribution in [0.5, 0.6) is 0 Å². The van der Waals surface area contributed by atoms with Crippen molar-refractivity contribution in [1.82, 2.24) is 9.97 Å². The molecule has 110 valence electrons. The fourth-order valence-corrected chi connectivity index (χ4v) is 2.78. The number of pyridine rings is 2. The number of hydrogen-bond acceptors (Lipinski definition) is 3. The van der Waals surface area contributed by atoms with Gasteiger partial charge in [-0.25, -0.2) is 0 Å². The number of aliphatic hydroxyl groups excluding tert-OH is 1. The molecule has 0 saturated heterocycles. The Hall–Kier alpha value is -1.74. The van der Waals surface area contributed by atoms with E-state index >= 15 is 0 Å². The summed E-state index contributed by atoms with van der Waals surface area (Å²) in [5.41, 5.74) is 5.47. The van der Waals surface area contributed by atoms with Gasteiger partial charge in [0, 0.05) is 29.1 Å². The first-order valence-corrected chi connectivity index (χ1v) is 7.66. The third-order valence-corrected chi connectivity index (χ3v) is 4.41. The first kappa shape index (κ1) is 14.2. The molecule has 2 aromatic heterocycles. The minimum atomic E-state index is -0.250. The van der Waals surface area contributed by atoms with Gasteiger partial charge in [-0.1, -0.05) is 19.9 Å². The predicted octanol–water partition coefficient (Wildman–Crippen LogP) is 3.29. The molecule has 0 fully saturated rings. The molecule has 0 saturated carbocycles. The van der Waals surface area contributed by atoms with E-state index in [1.165, 1.54) is 24.1 Å². The molecule has 0 radical (unpaired) electrons. The third kappa shape index (κ3) is 2.84. The van der Waals surface area contributed by atoms with Crippen LogP contribution in [-0.4, -0.2) is 21.7 Å². The van der Waals surface area contributed by atoms with Gasteiger partial charge in [-0.2, -0.15) is 0 Å². The van der Waals surface area contributed by atoms with Gasteiger partial charge in [-0.15, -0.1) is 0 Å². The molecule has 2 heterocycles. The van der Waals surface area contributed by atoms with E-state index < -0.39 is 0 Å². The average Bonchev–Trinajstić information content (AvgIpc) is 2.54. The van der Waals surface area contributed by atoms with Crippen LogP contribution in [0.3, 0.4) is 0 Å². The molecule has 3 rings (SSSR count). The monoisotopic (exact) mass is 282 g/mol. The molecule has 1 aliphatic carbocycles. The Bertz CT molecular complexity index is 632. The lowest BCUT2D eigenvalue weighted by atomic mass is 9.86. The molecule has 1 N–H and O–H groups in total. The van der Waals surface area contributed by atoms with E-state index in [0.717, 1.165) is 29.7 Å². The van der Waals surface area contributed by atoms with Crippen LogP contribution in [-0.2, 0) is 18.3 Å². The van der Waals surface area contributed by atoms with Gasteiger partial charge in [-0.05, 0) is 48.9 Å². The van der Waals surface area contributed by atoms with Crippen LogP contribution in [0, 0.1) is 0 Å². The first-order valence-electron chi connectivity index (χ1n) is 7.66. The van der Waals surface area contributed by atoms with E-state index in [0.29, 0.717) is 0 Å². The topological polar surface area (TPSA) is 46.0 Å². The van der Waals surface area contributed by atoms with Gasteiger partial charge in [0.2, 0.25) is 0 Å². The van der Waals surface area contributed by atoms with Crippen molar-refractivity contribution in [3.8, 4) is 11.3 Å². The molecule has 0 unspecified atom stereocenters. The highest BCUT2D eigenvalue weighted by molar-refractivity contribution is 5.59. The summed E-state index contributed by atoms with van der Waals surface area (Å²) in [4.78, 5) is 9.16. The Morgan fingerprint density at radius 2 is 1.90 bits per heavy atom. The molecular weight excluding hydrogens is 260 g/mol. The zero-order valence-electron chi connectivity index (χ0n) is 12.8. The Morgan fingerprint density at radius 1 is 1.10 bits per heavy atom. The average molecular weight is 282 g/mol. The standard InChI is InChI=1S/C18H22N2O/c1-18(2,12-21)15-7-8-17(20-11-15)14-9-13-5-3-4-6-16(13)19-10-14/h7-11,21H,3-6,12H2,1-2H3. The molecule has 0 atom stereocenters. The van der Waals surface area contributed by atoms with Gasteiger partial charge in [0.1, 0.15) is 0 Å². The molecule has 0 aliphatic heterocycles. The minimum absolute atomic E-state index is 0.119. The fraction of sp³-hybridized carbons (Fsp3) is 0.444. The highest BCUT2D eigenvalue weighted by atomic mass is 16.3. The van der Waals surface area contributed by atoms with Crippen LogP contribution in [0.1, 0.15) is 43.5 Å². The van der Waals surface area contributed by atoms with E-state index in [2.05, 4.69) is 22.1 Å². The lowest BCUT2D eigenvalue weighted by Gasteiger charge is -2.22. The molecule has 1 aliphatic rings. The van der Waals surface area contributed by atoms with E-state index in [9.17, 15) is 5.11 Å². The largest absolute Gasteiger partial charge is 0.395 e. The van der Waals surface area contributed by atoms with Crippen molar-refractivity contribution in [2.24, 2.45) is 0 Å². The van der Waals surface area contributed by atoms with E-state index in [1.54, 1.807) is 0 Å². The quantitative estimate of drug-likeness (QED) is 0.939. The SMILES string of the molecule is CC(C)(CO)c1ccc(-c2cnc3c(c2)CCCC3)nc1. The second-order valence-corrected chi connectivity index (χ2v) is 6.51. The normalized spacial score (nSPS) is 14.8. The maximum absolute atomic E-state index is 9.43. The zero-order valence-corrected chi connectivity index (χ0v) is 12.8. The van der Waals surface area contributed by atoms with E-state index in [4.69, 9.17) is 0 Å². The van der Waals surface area contributed by atoms with Gasteiger partial charge in [0.15, 0.2) is 0 Å². The van der Waals surface area contributed by atoms with Crippen molar-refractivity contribution in [1.29, 1.82) is 0 Å². The number of fused-ring (bicyclic) bond motifs is 1. The predicted molar refractivity (Wildman–Crippen MR) is 84.2 cm³/mol. The Morgan fingerprint density at radius 3 is 2.62 bits per heavy atom. The summed E-state index contributed by atoms with van der Waals surface area (Å²) in [5, 5.41) is 9.43. The number of hydrogen-bond donors (Lipinski definition) is 1. The molecule has 0 bridgehead atoms. The highest BCUT2D eigenvalue weighted by Gasteiger charge is 2.20. The smallest absolute Gasteiger partial charge is 0.0717 e. The molecule has 3 heteroatoms. The van der Waals surface area contributed by atoms with Crippen molar-refractivity contribution in [2.45, 2.75) is 44.9 Å². The Kier molecular flexibility index (Phi) is 3.77. The fourth-order valence-electron chi connectivity index (χ4n) is 2.78. The number of aryl methyl sites for hydroxylation is 2. The van der Waals surface area contributed by atoms with Crippen LogP contribution >= 0.6 is 0 Å². The van der Waals surface area contributed by atoms with Crippen molar-refractivity contribution in [3.05, 3.63) is 47.4 Å². The van der Waals surface area contributed by atoms with Gasteiger partial charge in [0.05, 0.1) is 12.3 Å². The summed E-state index contributed by atoms with van der Waals surface area (Å²) in [6.07, 6.45) is 8.55. The number of aromatic nitrogens is 2. The molecule has 2 aromatic rings. The summed E-state index contributed by atoms with van der Waals surface area (Å²) in [6, 6.07) is 6.32. The van der Waals surface area contributed by atoms with Crippen LogP contribution in [0.4, 0.5) is 0 Å². The van der Waals surface area contributed by atoms with Crippen LogP contribution in [0.2, 0.25) is 0 Å². The van der Waals surface area contributed by atoms with Gasteiger partial charge in [0.25, 0.3) is 0 Å². The maximum Gasteiger partial charge on any atom is 0.0717 e. The minimum Gasteiger partial charge on any atom is -0.395 e. The molecule has 0 spiro atoms. The van der Waals surface area contributed by atoms with Crippen molar-refractivity contribution in [3.63, 3.8) is 0 Å². The van der Waals surface area contributed by atoms with Crippen molar-refractivity contribution < 1.29 is 5.11 Å². The number of rotatable bonds is 3. The van der Waals surface area contributed by atoms with Gasteiger partial charge in [-0.3, -0.25) is 9.97 Å². The lowest BCUT2D eigenvalue weighted by molar-refractivity contribution is 0.218. The summed E-state index contributed by atoms with van der Waals surface area (Å²) < 4.78 is 0. The Labute approximate surface area is 126 Å². The molecular formula is C18H22N2O. The summed E-state index contributed by atoms with van der Waals surface area (Å²) >= 11 is 0. The summed E-state index contributed by atoms with van der Waals surface area (Å²) in [5.74, 6) is 0. The van der Waals surface area contributed by atoms with Gasteiger partial charge < -0.3 is 5.11 Å². The summed E-state index contributed by atoms with van der Waals surface area (Å²) in [6.45, 7) is 4.16. The second kappa shape index (κ2) is 5.57. The third-order valence-electron chi connectivity index (χ3n) is 4.41. The first-order chi connectivity index (χ1) is 10.1. The molecule has 0 amide bonds. The zero-order chi connectivity index (χ0) is 14.9. The second-order valence-electron chi connectivity index (χ2n) is 6.51. The molecule has 3 nitrogen and oxygen atoms in total. The van der Waals surface area contributed by atoms with Crippen LogP contribution in [0.15, 0.2) is 30.6 Å². The maximum atomic E-state index is 9.43. The molecule has 21 heavy (non-hydrogen) atoms. The van der Waals surface area contributed by atoms with Crippen LogP contribution < -0.4 is 0 Å². The number of nitrogens with zero attached hydrogens (tertiary/aromatic N) is 2. The highest BCUT2D eigenvalue weighted by Crippen LogP contribution is 2.27. The van der Waals surface area contributed by atoms with Crippen LogP contribution in [0.25, 0.3) is 11.3 Å². The Balaban J connectivity index is 1.91. The number of aliphatic hydroxyl groups is 1. The molecule has 0 aromatic carbocycles. The van der Waals surface area contributed by atoms with E-state index in [1.807, 2.05) is 32.3 Å². The summed E-state index contributed by atoms with van der Waals surface area (Å²) in [7, 11) is 0. The van der Waals surface area contributed by atoms with Crippen molar-refractivity contribution >= 4 is 0 Å². The van der Waals surface area contributed by atoms with E-state index in [-0.39, 0.29) is 12.0 Å². The van der Waals surface area contributed by atoms with Gasteiger partial charge >= 0.3 is 0 Å². The lowest BCUT2D eigenvalue weighted by Crippen LogP contribution is -2.22. The van der Waals surface area contributed by atoms with Crippen molar-refractivity contribution in [2.75, 3.05) is 6.61 Å².